The van der Waals surface area contributed by atoms with Crippen LogP contribution in [0.15, 0.2) is 29.4 Å². The molecule has 3 rings (SSSR count). The van der Waals surface area contributed by atoms with Crippen molar-refractivity contribution in [3.63, 3.8) is 0 Å². The van der Waals surface area contributed by atoms with Crippen molar-refractivity contribution >= 4 is 26.7 Å². The van der Waals surface area contributed by atoms with Crippen molar-refractivity contribution in [2.75, 3.05) is 51.3 Å². The van der Waals surface area contributed by atoms with Crippen molar-refractivity contribution < 1.29 is 12.8 Å². The summed E-state index contributed by atoms with van der Waals surface area (Å²) in [5.74, 6) is 0.945. The van der Waals surface area contributed by atoms with Gasteiger partial charge in [-0.25, -0.2) is 12.8 Å². The van der Waals surface area contributed by atoms with E-state index in [1.54, 1.807) is 19.2 Å². The van der Waals surface area contributed by atoms with Crippen LogP contribution in [0.3, 0.4) is 0 Å². The summed E-state index contributed by atoms with van der Waals surface area (Å²) in [6, 6.07) is 4.74. The molecule has 7 nitrogen and oxygen atoms in total. The van der Waals surface area contributed by atoms with Crippen molar-refractivity contribution in [1.29, 1.82) is 0 Å². The minimum absolute atomic E-state index is 0.237. The highest BCUT2D eigenvalue weighted by Gasteiger charge is 2.20. The summed E-state index contributed by atoms with van der Waals surface area (Å²) >= 11 is 0. The number of nitrogens with zero attached hydrogens (tertiary/aromatic N) is 2. The number of aliphatic imine (C=N–C) groups is 1. The van der Waals surface area contributed by atoms with E-state index in [4.69, 9.17) is 0 Å². The van der Waals surface area contributed by atoms with E-state index >= 15 is 0 Å². The summed E-state index contributed by atoms with van der Waals surface area (Å²) < 4.78 is 36.3. The second kappa shape index (κ2) is 8.71. The maximum atomic E-state index is 13.4. The summed E-state index contributed by atoms with van der Waals surface area (Å²) in [4.78, 5) is 9.50. The molecule has 2 aromatic rings. The zero-order chi connectivity index (χ0) is 19.3. The third kappa shape index (κ3) is 5.43. The second-order valence-electron chi connectivity index (χ2n) is 6.67. The molecule has 1 aliphatic heterocycles. The van der Waals surface area contributed by atoms with Crippen molar-refractivity contribution in [2.24, 2.45) is 4.99 Å². The van der Waals surface area contributed by atoms with Crippen LogP contribution in [-0.4, -0.2) is 75.5 Å². The number of aromatic amines is 1. The molecule has 0 saturated carbocycles. The monoisotopic (exact) mass is 395 g/mol. The van der Waals surface area contributed by atoms with Gasteiger partial charge in [0, 0.05) is 56.9 Å². The Bertz CT molecular complexity index is 896. The fraction of sp³-hybridized carbons (Fsp3) is 0.500. The van der Waals surface area contributed by atoms with E-state index in [-0.39, 0.29) is 17.3 Å². The van der Waals surface area contributed by atoms with E-state index in [9.17, 15) is 12.8 Å². The highest BCUT2D eigenvalue weighted by Crippen LogP contribution is 2.19. The van der Waals surface area contributed by atoms with Gasteiger partial charge < -0.3 is 15.6 Å². The van der Waals surface area contributed by atoms with Crippen LogP contribution in [0.2, 0.25) is 0 Å². The first-order valence-corrected chi connectivity index (χ1v) is 10.9. The molecule has 3 N–H and O–H groups in total. The fourth-order valence-corrected chi connectivity index (χ4v) is 4.48. The number of sulfone groups is 1. The number of rotatable bonds is 6. The topological polar surface area (TPSA) is 89.6 Å². The SMILES string of the molecule is CN=C(NCCc1c[nH]c2ccc(F)cc12)NCCN1CCS(=O)(=O)CC1. The average molecular weight is 396 g/mol. The summed E-state index contributed by atoms with van der Waals surface area (Å²) in [5, 5.41) is 7.40. The first-order valence-electron chi connectivity index (χ1n) is 9.10. The normalized spacial score (nSPS) is 17.9. The molecule has 0 bridgehead atoms. The molecule has 0 amide bonds. The van der Waals surface area contributed by atoms with Crippen LogP contribution in [0.1, 0.15) is 5.56 Å². The van der Waals surface area contributed by atoms with Crippen LogP contribution in [0.25, 0.3) is 10.9 Å². The van der Waals surface area contributed by atoms with Crippen molar-refractivity contribution in [2.45, 2.75) is 6.42 Å². The lowest BCUT2D eigenvalue weighted by molar-refractivity contribution is 0.299. The fourth-order valence-electron chi connectivity index (χ4n) is 3.20. The summed E-state index contributed by atoms with van der Waals surface area (Å²) in [7, 11) is -1.13. The first kappa shape index (κ1) is 19.6. The molecule has 1 aliphatic rings. The van der Waals surface area contributed by atoms with Gasteiger partial charge in [-0.3, -0.25) is 9.89 Å². The standard InChI is InChI=1S/C18H26FN5O2S/c1-20-18(22-6-7-24-8-10-27(25,26)11-9-24)21-5-4-14-13-23-17-3-2-15(19)12-16(14)17/h2-3,12-13,23H,4-11H2,1H3,(H2,20,21,22). The van der Waals surface area contributed by atoms with Gasteiger partial charge in [0.1, 0.15) is 5.82 Å². The van der Waals surface area contributed by atoms with E-state index in [1.807, 2.05) is 6.20 Å². The Morgan fingerprint density at radius 3 is 2.74 bits per heavy atom. The van der Waals surface area contributed by atoms with Crippen molar-refractivity contribution in [3.05, 3.63) is 35.8 Å². The predicted molar refractivity (Wildman–Crippen MR) is 106 cm³/mol. The molecular weight excluding hydrogens is 369 g/mol. The zero-order valence-corrected chi connectivity index (χ0v) is 16.3. The van der Waals surface area contributed by atoms with E-state index in [0.717, 1.165) is 29.4 Å². The Morgan fingerprint density at radius 1 is 1.26 bits per heavy atom. The van der Waals surface area contributed by atoms with Gasteiger partial charge in [-0.05, 0) is 30.2 Å². The van der Waals surface area contributed by atoms with Gasteiger partial charge in [0.25, 0.3) is 0 Å². The third-order valence-corrected chi connectivity index (χ3v) is 6.41. The molecule has 1 aromatic carbocycles. The molecule has 1 saturated heterocycles. The van der Waals surface area contributed by atoms with Gasteiger partial charge in [0.2, 0.25) is 0 Å². The number of halogens is 1. The minimum Gasteiger partial charge on any atom is -0.361 e. The second-order valence-corrected chi connectivity index (χ2v) is 8.98. The highest BCUT2D eigenvalue weighted by atomic mass is 32.2. The Labute approximate surface area is 159 Å². The maximum absolute atomic E-state index is 13.4. The van der Waals surface area contributed by atoms with Crippen LogP contribution in [-0.2, 0) is 16.3 Å². The van der Waals surface area contributed by atoms with E-state index in [0.29, 0.717) is 32.1 Å². The zero-order valence-electron chi connectivity index (χ0n) is 15.5. The average Bonchev–Trinajstić information content (AvgIpc) is 3.04. The predicted octanol–water partition coefficient (Wildman–Crippen LogP) is 0.745. The van der Waals surface area contributed by atoms with E-state index < -0.39 is 9.84 Å². The summed E-state index contributed by atoms with van der Waals surface area (Å²) in [5.41, 5.74) is 1.99. The summed E-state index contributed by atoms with van der Waals surface area (Å²) in [6.07, 6.45) is 2.65. The quantitative estimate of drug-likeness (QED) is 0.496. The van der Waals surface area contributed by atoms with Crippen LogP contribution in [0.4, 0.5) is 4.39 Å². The van der Waals surface area contributed by atoms with Gasteiger partial charge in [0.15, 0.2) is 15.8 Å². The molecule has 0 radical (unpaired) electrons. The Hall–Kier alpha value is -2.13. The first-order chi connectivity index (χ1) is 13.0. The van der Waals surface area contributed by atoms with Crippen LogP contribution in [0.5, 0.6) is 0 Å². The molecular formula is C18H26FN5O2S. The minimum atomic E-state index is -2.84. The molecule has 0 aliphatic carbocycles. The largest absolute Gasteiger partial charge is 0.361 e. The lowest BCUT2D eigenvalue weighted by Crippen LogP contribution is -2.46. The molecule has 9 heteroatoms. The van der Waals surface area contributed by atoms with Crippen molar-refractivity contribution in [1.82, 2.24) is 20.5 Å². The number of H-pyrrole nitrogens is 1. The van der Waals surface area contributed by atoms with Crippen molar-refractivity contribution in [3.8, 4) is 0 Å². The third-order valence-electron chi connectivity index (χ3n) is 4.80. The number of fused-ring (bicyclic) bond motifs is 1. The molecule has 1 aromatic heterocycles. The molecule has 148 valence electrons. The van der Waals surface area contributed by atoms with Gasteiger partial charge >= 0.3 is 0 Å². The molecule has 2 heterocycles. The van der Waals surface area contributed by atoms with Gasteiger partial charge in [-0.1, -0.05) is 0 Å². The van der Waals surface area contributed by atoms with Crippen LogP contribution < -0.4 is 10.6 Å². The molecule has 0 atom stereocenters. The maximum Gasteiger partial charge on any atom is 0.191 e. The molecule has 0 spiro atoms. The van der Waals surface area contributed by atoms with Gasteiger partial charge in [-0.2, -0.15) is 0 Å². The van der Waals surface area contributed by atoms with Crippen LogP contribution in [0, 0.1) is 5.82 Å². The van der Waals surface area contributed by atoms with Gasteiger partial charge in [-0.15, -0.1) is 0 Å². The smallest absolute Gasteiger partial charge is 0.191 e. The number of aromatic nitrogens is 1. The van der Waals surface area contributed by atoms with E-state index in [2.05, 4.69) is 25.5 Å². The number of hydrogen-bond donors (Lipinski definition) is 3. The molecule has 27 heavy (non-hydrogen) atoms. The number of benzene rings is 1. The van der Waals surface area contributed by atoms with Crippen LogP contribution >= 0.6 is 0 Å². The highest BCUT2D eigenvalue weighted by molar-refractivity contribution is 7.91. The van der Waals surface area contributed by atoms with E-state index in [1.165, 1.54) is 6.07 Å². The lowest BCUT2D eigenvalue weighted by atomic mass is 10.1. The molecule has 0 unspecified atom stereocenters. The Kier molecular flexibility index (Phi) is 6.33. The Morgan fingerprint density at radius 2 is 2.00 bits per heavy atom. The lowest BCUT2D eigenvalue weighted by Gasteiger charge is -2.26. The number of hydrogen-bond acceptors (Lipinski definition) is 4. The number of nitrogens with one attached hydrogen (secondary N) is 3. The number of guanidine groups is 1. The Balaban J connectivity index is 1.41. The van der Waals surface area contributed by atoms with Gasteiger partial charge in [0.05, 0.1) is 11.5 Å². The summed E-state index contributed by atoms with van der Waals surface area (Å²) in [6.45, 7) is 3.32. The molecule has 1 fully saturated rings.